The molecule has 126 valence electrons. The fraction of sp³-hybridized carbons (Fsp3) is 0.167. The number of rotatable bonds is 3. The molecule has 4 rings (SSSR count). The number of carbonyl (C=O) groups is 1. The average molecular weight is 336 g/mol. The van der Waals surface area contributed by atoms with Crippen LogP contribution in [0.5, 0.6) is 5.75 Å². The summed E-state index contributed by atoms with van der Waals surface area (Å²) in [5.41, 5.74) is 2.46. The first-order chi connectivity index (χ1) is 12.2. The van der Waals surface area contributed by atoms with Crippen LogP contribution in [0.15, 0.2) is 48.8 Å². The summed E-state index contributed by atoms with van der Waals surface area (Å²) in [6.45, 7) is 2.06. The smallest absolute Gasteiger partial charge is 0.435 e. The van der Waals surface area contributed by atoms with Crippen molar-refractivity contribution in [2.24, 2.45) is 0 Å². The van der Waals surface area contributed by atoms with E-state index in [1.807, 2.05) is 41.1 Å². The lowest BCUT2D eigenvalue weighted by Gasteiger charge is -2.06. The van der Waals surface area contributed by atoms with Crippen molar-refractivity contribution in [3.63, 3.8) is 0 Å². The number of nitrogens with zero attached hydrogens (tertiary/aromatic N) is 4. The standard InChI is InChI=1S/C18H16N4O3/c1-3-25-18(23)22-16-9-4-12-10-19-21(17(12)15(16)11-20-22)13-5-7-14(24-2)8-6-13/h4-11H,3H2,1-2H3. The number of carbonyl (C=O) groups excluding carboxylic acids is 1. The normalized spacial score (nSPS) is 11.1. The monoisotopic (exact) mass is 336 g/mol. The van der Waals surface area contributed by atoms with Gasteiger partial charge in [0, 0.05) is 10.8 Å². The zero-order chi connectivity index (χ0) is 17.4. The molecule has 0 amide bonds. The molecule has 0 N–H and O–H groups in total. The summed E-state index contributed by atoms with van der Waals surface area (Å²) in [7, 11) is 1.63. The summed E-state index contributed by atoms with van der Waals surface area (Å²) >= 11 is 0. The van der Waals surface area contributed by atoms with Gasteiger partial charge in [0.1, 0.15) is 5.75 Å². The van der Waals surface area contributed by atoms with E-state index < -0.39 is 6.09 Å². The molecule has 7 nitrogen and oxygen atoms in total. The molecule has 0 aliphatic carbocycles. The van der Waals surface area contributed by atoms with Crippen molar-refractivity contribution in [1.82, 2.24) is 19.6 Å². The summed E-state index contributed by atoms with van der Waals surface area (Å²) in [5.74, 6) is 0.778. The second-order valence-corrected chi connectivity index (χ2v) is 5.45. The maximum atomic E-state index is 12.1. The number of ether oxygens (including phenoxy) is 2. The molecule has 0 spiro atoms. The number of methoxy groups -OCH3 is 1. The Morgan fingerprint density at radius 3 is 2.60 bits per heavy atom. The van der Waals surface area contributed by atoms with Gasteiger partial charge in [-0.3, -0.25) is 0 Å². The molecule has 0 fully saturated rings. The predicted molar refractivity (Wildman–Crippen MR) is 93.3 cm³/mol. The van der Waals surface area contributed by atoms with Crippen molar-refractivity contribution < 1.29 is 14.3 Å². The lowest BCUT2D eigenvalue weighted by atomic mass is 10.2. The van der Waals surface area contributed by atoms with Gasteiger partial charge in [-0.1, -0.05) is 0 Å². The van der Waals surface area contributed by atoms with E-state index in [1.165, 1.54) is 4.68 Å². The van der Waals surface area contributed by atoms with Crippen molar-refractivity contribution in [2.45, 2.75) is 6.92 Å². The molecule has 4 aromatic rings. The third-order valence-corrected chi connectivity index (χ3v) is 4.04. The fourth-order valence-corrected chi connectivity index (χ4v) is 2.87. The molecule has 25 heavy (non-hydrogen) atoms. The van der Waals surface area contributed by atoms with Gasteiger partial charge in [-0.15, -0.1) is 0 Å². The van der Waals surface area contributed by atoms with E-state index in [9.17, 15) is 4.79 Å². The first-order valence-corrected chi connectivity index (χ1v) is 7.89. The molecular weight excluding hydrogens is 320 g/mol. The third-order valence-electron chi connectivity index (χ3n) is 4.04. The first kappa shape index (κ1) is 15.2. The fourth-order valence-electron chi connectivity index (χ4n) is 2.87. The topological polar surface area (TPSA) is 71.2 Å². The number of fused-ring (bicyclic) bond motifs is 3. The second kappa shape index (κ2) is 5.94. The lowest BCUT2D eigenvalue weighted by Crippen LogP contribution is -2.14. The molecule has 0 unspecified atom stereocenters. The van der Waals surface area contributed by atoms with Crippen LogP contribution in [0, 0.1) is 0 Å². The highest BCUT2D eigenvalue weighted by atomic mass is 16.5. The van der Waals surface area contributed by atoms with Crippen molar-refractivity contribution in [2.75, 3.05) is 13.7 Å². The van der Waals surface area contributed by atoms with Gasteiger partial charge in [0.15, 0.2) is 0 Å². The first-order valence-electron chi connectivity index (χ1n) is 7.89. The Kier molecular flexibility index (Phi) is 3.61. The minimum atomic E-state index is -0.493. The Labute approximate surface area is 143 Å². The molecule has 0 saturated carbocycles. The minimum Gasteiger partial charge on any atom is -0.497 e. The molecule has 7 heteroatoms. The van der Waals surface area contributed by atoms with Gasteiger partial charge in [-0.25, -0.2) is 9.48 Å². The van der Waals surface area contributed by atoms with Crippen LogP contribution in [0.2, 0.25) is 0 Å². The Hall–Kier alpha value is -3.35. The maximum absolute atomic E-state index is 12.1. The minimum absolute atomic E-state index is 0.298. The van der Waals surface area contributed by atoms with Crippen LogP contribution in [0.4, 0.5) is 4.79 Å². The van der Waals surface area contributed by atoms with Crippen LogP contribution >= 0.6 is 0 Å². The highest BCUT2D eigenvalue weighted by Crippen LogP contribution is 2.28. The van der Waals surface area contributed by atoms with Gasteiger partial charge < -0.3 is 9.47 Å². The summed E-state index contributed by atoms with van der Waals surface area (Å²) < 4.78 is 13.4. The molecule has 0 saturated heterocycles. The number of benzene rings is 2. The summed E-state index contributed by atoms with van der Waals surface area (Å²) in [4.78, 5) is 12.1. The molecule has 2 aromatic heterocycles. The number of hydrogen-bond acceptors (Lipinski definition) is 5. The van der Waals surface area contributed by atoms with Gasteiger partial charge in [-0.05, 0) is 43.3 Å². The Morgan fingerprint density at radius 2 is 1.88 bits per heavy atom. The Bertz CT molecular complexity index is 1060. The van der Waals surface area contributed by atoms with Crippen molar-refractivity contribution in [3.8, 4) is 11.4 Å². The third kappa shape index (κ3) is 2.40. The Morgan fingerprint density at radius 1 is 1.08 bits per heavy atom. The SMILES string of the molecule is CCOC(=O)n1ncc2c1ccc1cnn(-c3ccc(OC)cc3)c12. The van der Waals surface area contributed by atoms with E-state index in [-0.39, 0.29) is 0 Å². The van der Waals surface area contributed by atoms with Crippen LogP contribution in [-0.2, 0) is 4.74 Å². The number of hydrogen-bond donors (Lipinski definition) is 0. The molecule has 0 bridgehead atoms. The zero-order valence-corrected chi connectivity index (χ0v) is 13.8. The van der Waals surface area contributed by atoms with Gasteiger partial charge in [0.25, 0.3) is 0 Å². The highest BCUT2D eigenvalue weighted by Gasteiger charge is 2.16. The molecular formula is C18H16N4O3. The largest absolute Gasteiger partial charge is 0.497 e. The maximum Gasteiger partial charge on any atom is 0.435 e. The van der Waals surface area contributed by atoms with Gasteiger partial charge in [-0.2, -0.15) is 14.9 Å². The Balaban J connectivity index is 1.91. The highest BCUT2D eigenvalue weighted by molar-refractivity contribution is 6.06. The van der Waals surface area contributed by atoms with Gasteiger partial charge >= 0.3 is 6.09 Å². The quantitative estimate of drug-likeness (QED) is 0.573. The van der Waals surface area contributed by atoms with Crippen molar-refractivity contribution in [3.05, 3.63) is 48.8 Å². The molecule has 2 aromatic carbocycles. The summed E-state index contributed by atoms with van der Waals surface area (Å²) in [6.07, 6.45) is 2.96. The molecule has 0 aliphatic rings. The van der Waals surface area contributed by atoms with E-state index in [1.54, 1.807) is 26.4 Å². The zero-order valence-electron chi connectivity index (χ0n) is 13.8. The lowest BCUT2D eigenvalue weighted by molar-refractivity contribution is 0.151. The van der Waals surface area contributed by atoms with E-state index in [4.69, 9.17) is 9.47 Å². The molecule has 0 atom stereocenters. The average Bonchev–Trinajstić information content (AvgIpc) is 3.25. The molecule has 0 radical (unpaired) electrons. The van der Waals surface area contributed by atoms with E-state index in [0.29, 0.717) is 12.1 Å². The van der Waals surface area contributed by atoms with Crippen LogP contribution in [-0.4, -0.2) is 39.4 Å². The molecule has 0 aliphatic heterocycles. The van der Waals surface area contributed by atoms with Crippen LogP contribution in [0.1, 0.15) is 6.92 Å². The van der Waals surface area contributed by atoms with Gasteiger partial charge in [0.05, 0.1) is 42.8 Å². The van der Waals surface area contributed by atoms with Crippen molar-refractivity contribution in [1.29, 1.82) is 0 Å². The van der Waals surface area contributed by atoms with E-state index >= 15 is 0 Å². The molecule has 2 heterocycles. The van der Waals surface area contributed by atoms with E-state index in [0.717, 1.165) is 27.7 Å². The summed E-state index contributed by atoms with van der Waals surface area (Å²) in [5, 5.41) is 10.5. The summed E-state index contributed by atoms with van der Waals surface area (Å²) in [6, 6.07) is 11.4. The van der Waals surface area contributed by atoms with Crippen molar-refractivity contribution >= 4 is 27.9 Å². The number of aromatic nitrogens is 4. The second-order valence-electron chi connectivity index (χ2n) is 5.45. The van der Waals surface area contributed by atoms with Crippen LogP contribution in [0.3, 0.4) is 0 Å². The van der Waals surface area contributed by atoms with Crippen LogP contribution in [0.25, 0.3) is 27.5 Å². The van der Waals surface area contributed by atoms with E-state index in [2.05, 4.69) is 10.2 Å². The van der Waals surface area contributed by atoms with Crippen LogP contribution < -0.4 is 4.74 Å². The predicted octanol–water partition coefficient (Wildman–Crippen LogP) is 3.39. The van der Waals surface area contributed by atoms with Gasteiger partial charge in [0.2, 0.25) is 0 Å².